The summed E-state index contributed by atoms with van der Waals surface area (Å²) < 4.78 is 23.8. The predicted octanol–water partition coefficient (Wildman–Crippen LogP) is 1.36. The van der Waals surface area contributed by atoms with Crippen LogP contribution in [0, 0.1) is 5.82 Å². The number of halogens is 1. The van der Waals surface area contributed by atoms with Gasteiger partial charge < -0.3 is 41.6 Å². The Balaban J connectivity index is 1.49. The van der Waals surface area contributed by atoms with Gasteiger partial charge in [0.05, 0.1) is 33.0 Å². The molecule has 0 saturated heterocycles. The Hall–Kier alpha value is -3.91. The van der Waals surface area contributed by atoms with Crippen LogP contribution in [0.15, 0.2) is 48.5 Å². The summed E-state index contributed by atoms with van der Waals surface area (Å²) in [7, 11) is 0. The number of hydrogen-bond donors (Lipinski definition) is 6. The Kier molecular flexibility index (Phi) is 12.8. The molecule has 13 heteroatoms. The standard InChI is InChI=1S/C26H35FN8O4/c27-22-7-3-20(4-8-22)18-32-26-34-24(30-10-12-36)33-25(35-26)31-17-19-1-5-21(6-2-19)23(37)29-11-14-39-16-15-38-13-9-28/h1-8,36H,9-18,28H2,(H,29,37)(H3,30,31,32,33,34,35). The Labute approximate surface area is 226 Å². The van der Waals surface area contributed by atoms with Gasteiger partial charge in [-0.25, -0.2) is 4.39 Å². The summed E-state index contributed by atoms with van der Waals surface area (Å²) in [5.41, 5.74) is 7.66. The van der Waals surface area contributed by atoms with Gasteiger partial charge in [0.2, 0.25) is 17.8 Å². The molecular weight excluding hydrogens is 507 g/mol. The first-order chi connectivity index (χ1) is 19.1. The maximum atomic E-state index is 13.2. The number of benzene rings is 2. The molecule has 1 amide bonds. The van der Waals surface area contributed by atoms with Gasteiger partial charge in [-0.15, -0.1) is 0 Å². The number of ether oxygens (including phenoxy) is 2. The van der Waals surface area contributed by atoms with E-state index in [1.165, 1.54) is 12.1 Å². The highest BCUT2D eigenvalue weighted by Crippen LogP contribution is 2.13. The van der Waals surface area contributed by atoms with Crippen molar-refractivity contribution in [3.8, 4) is 0 Å². The van der Waals surface area contributed by atoms with Gasteiger partial charge in [-0.1, -0.05) is 24.3 Å². The average Bonchev–Trinajstić information content (AvgIpc) is 2.96. The minimum Gasteiger partial charge on any atom is -0.395 e. The number of hydrogen-bond acceptors (Lipinski definition) is 11. The third-order valence-corrected chi connectivity index (χ3v) is 5.23. The number of nitrogens with zero attached hydrogens (tertiary/aromatic N) is 3. The van der Waals surface area contributed by atoms with E-state index >= 15 is 0 Å². The summed E-state index contributed by atoms with van der Waals surface area (Å²) in [6.07, 6.45) is 0. The molecule has 0 fully saturated rings. The minimum atomic E-state index is -0.305. The molecule has 210 valence electrons. The Morgan fingerprint density at radius 1 is 0.769 bits per heavy atom. The molecule has 0 spiro atoms. The Bertz CT molecular complexity index is 1140. The van der Waals surface area contributed by atoms with Crippen LogP contribution in [0.5, 0.6) is 0 Å². The molecule has 0 radical (unpaired) electrons. The maximum Gasteiger partial charge on any atom is 0.251 e. The summed E-state index contributed by atoms with van der Waals surface area (Å²) in [6.45, 7) is 3.67. The van der Waals surface area contributed by atoms with Crippen LogP contribution < -0.4 is 27.0 Å². The van der Waals surface area contributed by atoms with Crippen molar-refractivity contribution < 1.29 is 23.8 Å². The van der Waals surface area contributed by atoms with E-state index in [0.29, 0.717) is 76.0 Å². The summed E-state index contributed by atoms with van der Waals surface area (Å²) in [5.74, 6) is 0.438. The van der Waals surface area contributed by atoms with Gasteiger partial charge in [0.15, 0.2) is 0 Å². The highest BCUT2D eigenvalue weighted by molar-refractivity contribution is 5.94. The zero-order valence-electron chi connectivity index (χ0n) is 21.7. The van der Waals surface area contributed by atoms with Crippen LogP contribution in [0.3, 0.4) is 0 Å². The molecule has 1 heterocycles. The normalized spacial score (nSPS) is 10.7. The first kappa shape index (κ1) is 29.6. The smallest absolute Gasteiger partial charge is 0.251 e. The van der Waals surface area contributed by atoms with Crippen molar-refractivity contribution in [3.63, 3.8) is 0 Å². The van der Waals surface area contributed by atoms with Gasteiger partial charge in [-0.05, 0) is 35.4 Å². The molecule has 12 nitrogen and oxygen atoms in total. The second-order valence-electron chi connectivity index (χ2n) is 8.26. The van der Waals surface area contributed by atoms with Crippen LogP contribution in [-0.4, -0.2) is 78.6 Å². The van der Waals surface area contributed by atoms with E-state index in [1.54, 1.807) is 24.3 Å². The quantitative estimate of drug-likeness (QED) is 0.128. The number of anilines is 3. The van der Waals surface area contributed by atoms with Crippen LogP contribution in [-0.2, 0) is 22.6 Å². The lowest BCUT2D eigenvalue weighted by atomic mass is 10.1. The number of nitrogens with two attached hydrogens (primary N) is 1. The molecule has 0 unspecified atom stereocenters. The van der Waals surface area contributed by atoms with E-state index in [4.69, 9.17) is 20.3 Å². The molecule has 0 bridgehead atoms. The highest BCUT2D eigenvalue weighted by Gasteiger charge is 2.08. The number of aliphatic hydroxyl groups excluding tert-OH is 1. The van der Waals surface area contributed by atoms with Gasteiger partial charge in [-0.3, -0.25) is 4.79 Å². The minimum absolute atomic E-state index is 0.0794. The van der Waals surface area contributed by atoms with E-state index < -0.39 is 0 Å². The fourth-order valence-corrected chi connectivity index (χ4v) is 3.26. The zero-order valence-corrected chi connectivity index (χ0v) is 21.7. The predicted molar refractivity (Wildman–Crippen MR) is 146 cm³/mol. The second-order valence-corrected chi connectivity index (χ2v) is 8.26. The van der Waals surface area contributed by atoms with E-state index in [-0.39, 0.29) is 24.9 Å². The molecule has 7 N–H and O–H groups in total. The van der Waals surface area contributed by atoms with Gasteiger partial charge in [0, 0.05) is 38.3 Å². The highest BCUT2D eigenvalue weighted by atomic mass is 19.1. The molecule has 1 aromatic heterocycles. The Morgan fingerprint density at radius 2 is 1.31 bits per heavy atom. The lowest BCUT2D eigenvalue weighted by Gasteiger charge is -2.11. The molecule has 0 atom stereocenters. The fraction of sp³-hybridized carbons (Fsp3) is 0.385. The number of carbonyl (C=O) groups is 1. The van der Waals surface area contributed by atoms with Crippen molar-refractivity contribution in [3.05, 3.63) is 71.0 Å². The SMILES string of the molecule is NCCOCCOCCNC(=O)c1ccc(CNc2nc(NCCO)nc(NCc3ccc(F)cc3)n2)cc1. The lowest BCUT2D eigenvalue weighted by Crippen LogP contribution is -2.27. The van der Waals surface area contributed by atoms with Crippen LogP contribution in [0.1, 0.15) is 21.5 Å². The number of amides is 1. The molecular formula is C26H35FN8O4. The number of aliphatic hydroxyl groups is 1. The lowest BCUT2D eigenvalue weighted by molar-refractivity contribution is 0.0511. The van der Waals surface area contributed by atoms with Gasteiger partial charge in [0.25, 0.3) is 5.91 Å². The average molecular weight is 543 g/mol. The molecule has 39 heavy (non-hydrogen) atoms. The molecule has 3 aromatic rings. The molecule has 0 aliphatic heterocycles. The van der Waals surface area contributed by atoms with Crippen LogP contribution in [0.2, 0.25) is 0 Å². The van der Waals surface area contributed by atoms with Gasteiger partial charge in [0.1, 0.15) is 5.82 Å². The van der Waals surface area contributed by atoms with Gasteiger partial charge in [-0.2, -0.15) is 15.0 Å². The van der Waals surface area contributed by atoms with E-state index in [0.717, 1.165) is 11.1 Å². The molecule has 2 aromatic carbocycles. The largest absolute Gasteiger partial charge is 0.395 e. The van der Waals surface area contributed by atoms with Crippen molar-refractivity contribution in [1.29, 1.82) is 0 Å². The monoisotopic (exact) mass is 542 g/mol. The van der Waals surface area contributed by atoms with E-state index in [2.05, 4.69) is 36.2 Å². The van der Waals surface area contributed by atoms with Crippen molar-refractivity contribution in [2.75, 3.05) is 68.6 Å². The molecule has 3 rings (SSSR count). The number of nitrogens with one attached hydrogen (secondary N) is 4. The van der Waals surface area contributed by atoms with Crippen LogP contribution >= 0.6 is 0 Å². The molecule has 0 saturated carbocycles. The first-order valence-electron chi connectivity index (χ1n) is 12.6. The first-order valence-corrected chi connectivity index (χ1v) is 12.6. The van der Waals surface area contributed by atoms with E-state index in [1.807, 2.05) is 12.1 Å². The second kappa shape index (κ2) is 16.8. The van der Waals surface area contributed by atoms with E-state index in [9.17, 15) is 9.18 Å². The maximum absolute atomic E-state index is 13.2. The van der Waals surface area contributed by atoms with Crippen LogP contribution in [0.4, 0.5) is 22.2 Å². The zero-order chi connectivity index (χ0) is 27.7. The fourth-order valence-electron chi connectivity index (χ4n) is 3.26. The number of aromatic nitrogens is 3. The van der Waals surface area contributed by atoms with Crippen LogP contribution in [0.25, 0.3) is 0 Å². The Morgan fingerprint density at radius 3 is 1.87 bits per heavy atom. The van der Waals surface area contributed by atoms with Gasteiger partial charge >= 0.3 is 0 Å². The molecule has 0 aliphatic carbocycles. The number of rotatable bonds is 18. The summed E-state index contributed by atoms with van der Waals surface area (Å²) in [6, 6.07) is 13.3. The third kappa shape index (κ3) is 11.2. The summed E-state index contributed by atoms with van der Waals surface area (Å²) in [5, 5.41) is 21.1. The van der Waals surface area contributed by atoms with Crippen molar-refractivity contribution in [2.45, 2.75) is 13.1 Å². The molecule has 0 aliphatic rings. The third-order valence-electron chi connectivity index (χ3n) is 5.23. The summed E-state index contributed by atoms with van der Waals surface area (Å²) >= 11 is 0. The van der Waals surface area contributed by atoms with Crippen molar-refractivity contribution >= 4 is 23.8 Å². The summed E-state index contributed by atoms with van der Waals surface area (Å²) in [4.78, 5) is 25.4. The topological polar surface area (TPSA) is 169 Å². The van der Waals surface area contributed by atoms with Crippen molar-refractivity contribution in [1.82, 2.24) is 20.3 Å². The van der Waals surface area contributed by atoms with Crippen molar-refractivity contribution in [2.24, 2.45) is 5.73 Å². The number of carbonyl (C=O) groups excluding carboxylic acids is 1.